The largest absolute Gasteiger partial charge is 0.465 e. The van der Waals surface area contributed by atoms with Crippen LogP contribution >= 0.6 is 27.5 Å². The van der Waals surface area contributed by atoms with Crippen LogP contribution in [0.15, 0.2) is 49.6 Å². The molecule has 1 N–H and O–H groups in total. The Balaban J connectivity index is 1.81. The van der Waals surface area contributed by atoms with Crippen molar-refractivity contribution in [2.24, 2.45) is 17.8 Å². The first-order valence-corrected chi connectivity index (χ1v) is 14.6. The molecule has 3 fully saturated rings. The fourth-order valence-corrected chi connectivity index (χ4v) is 7.46. The lowest BCUT2D eigenvalue weighted by atomic mass is 9.70. The number of carbonyl (C=O) groups is 3. The number of likely N-dealkylation sites (tertiary alicyclic amines) is 1. The van der Waals surface area contributed by atoms with Crippen LogP contribution in [0.4, 0.5) is 5.69 Å². The smallest absolute Gasteiger partial charge is 0.312 e. The molecule has 2 amide bonds. The Morgan fingerprint density at radius 2 is 2.00 bits per heavy atom. The summed E-state index contributed by atoms with van der Waals surface area (Å²) in [5.41, 5.74) is -0.671. The molecule has 39 heavy (non-hydrogen) atoms. The summed E-state index contributed by atoms with van der Waals surface area (Å²) >= 11 is 9.77. The van der Waals surface area contributed by atoms with Gasteiger partial charge in [-0.05, 0) is 49.4 Å². The Morgan fingerprint density at radius 1 is 1.31 bits per heavy atom. The lowest BCUT2D eigenvalue weighted by molar-refractivity contribution is -0.155. The van der Waals surface area contributed by atoms with Crippen LogP contribution in [-0.4, -0.2) is 76.2 Å². The molecular formula is C29H36BrClN2O6. The maximum Gasteiger partial charge on any atom is 0.312 e. The van der Waals surface area contributed by atoms with Gasteiger partial charge in [-0.3, -0.25) is 14.4 Å². The second-order valence-corrected chi connectivity index (χ2v) is 12.4. The topological polar surface area (TPSA) is 96.4 Å². The first-order chi connectivity index (χ1) is 18.6. The van der Waals surface area contributed by atoms with Crippen LogP contribution < -0.4 is 4.90 Å². The highest BCUT2D eigenvalue weighted by atomic mass is 79.9. The van der Waals surface area contributed by atoms with Crippen molar-refractivity contribution in [3.05, 3.63) is 54.6 Å². The molecule has 0 radical (unpaired) electrons. The summed E-state index contributed by atoms with van der Waals surface area (Å²) in [5.74, 6) is -2.89. The van der Waals surface area contributed by atoms with E-state index in [9.17, 15) is 19.5 Å². The molecule has 0 saturated carbocycles. The minimum atomic E-state index is -1.26. The molecule has 1 spiro atoms. The Labute approximate surface area is 243 Å². The summed E-state index contributed by atoms with van der Waals surface area (Å²) < 4.78 is 12.1. The predicted molar refractivity (Wildman–Crippen MR) is 153 cm³/mol. The van der Waals surface area contributed by atoms with Crippen molar-refractivity contribution >= 4 is 51.0 Å². The lowest BCUT2D eigenvalue weighted by Crippen LogP contribution is -2.59. The number of nitrogens with zero attached hydrogens (tertiary/aromatic N) is 2. The van der Waals surface area contributed by atoms with Crippen LogP contribution in [-0.2, 0) is 23.9 Å². The molecule has 3 unspecified atom stereocenters. The molecule has 8 nitrogen and oxygen atoms in total. The van der Waals surface area contributed by atoms with E-state index in [4.69, 9.17) is 21.1 Å². The number of amides is 2. The molecule has 3 saturated heterocycles. The fraction of sp³-hybridized carbons (Fsp3) is 0.552. The van der Waals surface area contributed by atoms with E-state index in [0.717, 1.165) is 0 Å². The van der Waals surface area contributed by atoms with E-state index >= 15 is 0 Å². The molecule has 1 aromatic carbocycles. The van der Waals surface area contributed by atoms with E-state index in [1.54, 1.807) is 41.3 Å². The summed E-state index contributed by atoms with van der Waals surface area (Å²) in [7, 11) is 0. The van der Waals surface area contributed by atoms with Gasteiger partial charge < -0.3 is 24.4 Å². The van der Waals surface area contributed by atoms with Crippen LogP contribution in [0.25, 0.3) is 0 Å². The predicted octanol–water partition coefficient (Wildman–Crippen LogP) is 4.13. The molecule has 0 aromatic heterocycles. The fourth-order valence-electron chi connectivity index (χ4n) is 6.39. The average Bonchev–Trinajstić information content (AvgIpc) is 3.49. The van der Waals surface area contributed by atoms with Gasteiger partial charge in [0.05, 0.1) is 37.2 Å². The SMILES string of the molecule is C=CCCOC(=O)[C@H]1[C@@H]2OC3(CC2Br)C(C(=O)N(CC=C)c2ccc(Cl)cc2)N([C@@H](CO)CC(C)C)C(=O)[C@H]13. The Morgan fingerprint density at radius 3 is 2.59 bits per heavy atom. The zero-order valence-corrected chi connectivity index (χ0v) is 24.6. The highest BCUT2D eigenvalue weighted by Gasteiger charge is 2.77. The van der Waals surface area contributed by atoms with E-state index in [2.05, 4.69) is 29.1 Å². The summed E-state index contributed by atoms with van der Waals surface area (Å²) in [6.45, 7) is 11.5. The van der Waals surface area contributed by atoms with Gasteiger partial charge in [-0.1, -0.05) is 53.5 Å². The number of hydrogen-bond acceptors (Lipinski definition) is 6. The van der Waals surface area contributed by atoms with Crippen molar-refractivity contribution in [3.8, 4) is 0 Å². The number of fused-ring (bicyclic) bond motifs is 1. The molecule has 4 rings (SSSR count). The maximum atomic E-state index is 14.5. The molecule has 1 aromatic rings. The number of carbonyl (C=O) groups excluding carboxylic acids is 3. The van der Waals surface area contributed by atoms with Gasteiger partial charge in [0.2, 0.25) is 5.91 Å². The van der Waals surface area contributed by atoms with Crippen molar-refractivity contribution in [1.29, 1.82) is 0 Å². The van der Waals surface area contributed by atoms with Crippen molar-refractivity contribution in [3.63, 3.8) is 0 Å². The Bertz CT molecular complexity index is 1110. The van der Waals surface area contributed by atoms with Crippen LogP contribution in [0.5, 0.6) is 0 Å². The van der Waals surface area contributed by atoms with Gasteiger partial charge in [0.25, 0.3) is 5.91 Å². The number of halogens is 2. The number of anilines is 1. The van der Waals surface area contributed by atoms with Gasteiger partial charge in [0, 0.05) is 22.1 Å². The van der Waals surface area contributed by atoms with Crippen molar-refractivity contribution in [1.82, 2.24) is 4.90 Å². The second kappa shape index (κ2) is 12.1. The molecule has 2 bridgehead atoms. The third-order valence-corrected chi connectivity index (χ3v) is 8.96. The van der Waals surface area contributed by atoms with E-state index in [1.165, 1.54) is 4.90 Å². The van der Waals surface area contributed by atoms with E-state index < -0.39 is 41.6 Å². The maximum absolute atomic E-state index is 14.5. The standard InChI is InChI=1S/C29H36BrClN2O6/c1-5-7-13-38-28(37)22-23-26(35)33(20(16-34)14-17(3)4)25(29(23)15-21(30)24(22)39-29)27(36)32(12-6-2)19-10-8-18(31)9-11-19/h5-6,8-11,17,20-25,34H,1-2,7,12-16H2,3-4H3/t20-,21?,22-,23+,24-,25?,29?/m1/s1. The van der Waals surface area contributed by atoms with Crippen LogP contribution in [0, 0.1) is 17.8 Å². The first kappa shape index (κ1) is 29.8. The van der Waals surface area contributed by atoms with Gasteiger partial charge >= 0.3 is 5.97 Å². The number of ether oxygens (including phenoxy) is 2. The molecule has 3 heterocycles. The summed E-state index contributed by atoms with van der Waals surface area (Å²) in [6, 6.07) is 5.16. The molecule has 10 heteroatoms. The third-order valence-electron chi connectivity index (χ3n) is 7.86. The number of aliphatic hydroxyl groups is 1. The van der Waals surface area contributed by atoms with Crippen molar-refractivity contribution in [2.45, 2.75) is 61.7 Å². The number of esters is 1. The second-order valence-electron chi connectivity index (χ2n) is 10.8. The zero-order valence-electron chi connectivity index (χ0n) is 22.3. The number of hydrogen-bond donors (Lipinski definition) is 1. The van der Waals surface area contributed by atoms with Gasteiger partial charge in [-0.25, -0.2) is 0 Å². The molecule has 0 aliphatic carbocycles. The minimum absolute atomic E-state index is 0.144. The Kier molecular flexibility index (Phi) is 9.26. The van der Waals surface area contributed by atoms with E-state index in [0.29, 0.717) is 30.0 Å². The highest BCUT2D eigenvalue weighted by Crippen LogP contribution is 2.61. The minimum Gasteiger partial charge on any atom is -0.465 e. The molecule has 7 atom stereocenters. The van der Waals surface area contributed by atoms with Gasteiger partial charge in [0.15, 0.2) is 0 Å². The first-order valence-electron chi connectivity index (χ1n) is 13.3. The van der Waals surface area contributed by atoms with Gasteiger partial charge in [-0.2, -0.15) is 0 Å². The lowest BCUT2D eigenvalue weighted by Gasteiger charge is -2.39. The van der Waals surface area contributed by atoms with Gasteiger partial charge in [-0.15, -0.1) is 13.2 Å². The number of benzene rings is 1. The molecular weight excluding hydrogens is 588 g/mol. The number of aliphatic hydroxyl groups excluding tert-OH is 1. The summed E-state index contributed by atoms with van der Waals surface area (Å²) in [4.78, 5) is 44.9. The number of alkyl halides is 1. The van der Waals surface area contributed by atoms with Crippen molar-refractivity contribution < 1.29 is 29.0 Å². The quantitative estimate of drug-likeness (QED) is 0.163. The monoisotopic (exact) mass is 622 g/mol. The zero-order chi connectivity index (χ0) is 28.5. The normalized spacial score (nSPS) is 29.8. The summed E-state index contributed by atoms with van der Waals surface area (Å²) in [5, 5.41) is 11.0. The molecule has 3 aliphatic rings. The van der Waals surface area contributed by atoms with Crippen molar-refractivity contribution in [2.75, 3.05) is 24.7 Å². The molecule has 3 aliphatic heterocycles. The van der Waals surface area contributed by atoms with Crippen LogP contribution in [0.2, 0.25) is 5.02 Å². The molecule has 212 valence electrons. The van der Waals surface area contributed by atoms with Gasteiger partial charge in [0.1, 0.15) is 11.6 Å². The third kappa shape index (κ3) is 5.31. The average molecular weight is 624 g/mol. The van der Waals surface area contributed by atoms with E-state index in [-0.39, 0.29) is 42.3 Å². The highest BCUT2D eigenvalue weighted by molar-refractivity contribution is 9.09. The Hall–Kier alpha value is -2.20. The number of rotatable bonds is 12. The van der Waals surface area contributed by atoms with Crippen LogP contribution in [0.3, 0.4) is 0 Å². The van der Waals surface area contributed by atoms with E-state index in [1.807, 2.05) is 13.8 Å². The summed E-state index contributed by atoms with van der Waals surface area (Å²) in [6.07, 6.45) is 3.97. The van der Waals surface area contributed by atoms with Crippen LogP contribution in [0.1, 0.15) is 33.1 Å².